The van der Waals surface area contributed by atoms with Crippen LogP contribution in [0.2, 0.25) is 0 Å². The monoisotopic (exact) mass is 257 g/mol. The molecule has 0 aromatic carbocycles. The number of carboxylic acid groups (broad SMARTS) is 1. The van der Waals surface area contributed by atoms with Gasteiger partial charge in [-0.25, -0.2) is 4.79 Å². The highest BCUT2D eigenvalue weighted by molar-refractivity contribution is 5.83. The second-order valence-corrected chi connectivity index (χ2v) is 4.68. The zero-order valence-electron chi connectivity index (χ0n) is 10.5. The zero-order valence-corrected chi connectivity index (χ0v) is 10.5. The summed E-state index contributed by atoms with van der Waals surface area (Å²) in [5, 5.41) is 12.2. The predicted molar refractivity (Wildman–Crippen MR) is 63.4 cm³/mol. The van der Waals surface area contributed by atoms with Crippen molar-refractivity contribution in [1.82, 2.24) is 15.1 Å². The van der Waals surface area contributed by atoms with Crippen LogP contribution in [-0.4, -0.2) is 78.4 Å². The third kappa shape index (κ3) is 2.73. The van der Waals surface area contributed by atoms with Gasteiger partial charge in [0.05, 0.1) is 13.2 Å². The van der Waals surface area contributed by atoms with Crippen molar-refractivity contribution in [3.63, 3.8) is 0 Å². The molecule has 2 amide bonds. The molecule has 0 radical (unpaired) electrons. The lowest BCUT2D eigenvalue weighted by Crippen LogP contribution is -2.62. The molecule has 2 fully saturated rings. The Labute approximate surface area is 106 Å². The van der Waals surface area contributed by atoms with Gasteiger partial charge in [-0.05, 0) is 6.92 Å². The highest BCUT2D eigenvalue weighted by Crippen LogP contribution is 2.10. The largest absolute Gasteiger partial charge is 0.465 e. The number of hydrogen-bond donors (Lipinski definition) is 2. The van der Waals surface area contributed by atoms with Crippen LogP contribution in [0.5, 0.6) is 0 Å². The SMILES string of the molecule is C[C@@H]1CN[C@@H](C(=O)N2CCOCC2)CN1C(=O)O. The topological polar surface area (TPSA) is 82.1 Å². The van der Waals surface area contributed by atoms with Crippen molar-refractivity contribution in [1.29, 1.82) is 0 Å². The Morgan fingerprint density at radius 3 is 2.61 bits per heavy atom. The first-order valence-corrected chi connectivity index (χ1v) is 6.19. The Morgan fingerprint density at radius 1 is 1.33 bits per heavy atom. The lowest BCUT2D eigenvalue weighted by atomic mass is 10.1. The van der Waals surface area contributed by atoms with Crippen molar-refractivity contribution >= 4 is 12.0 Å². The van der Waals surface area contributed by atoms with Gasteiger partial charge >= 0.3 is 6.09 Å². The van der Waals surface area contributed by atoms with E-state index in [9.17, 15) is 9.59 Å². The molecule has 2 aliphatic heterocycles. The lowest BCUT2D eigenvalue weighted by Gasteiger charge is -2.38. The molecular formula is C11H19N3O4. The van der Waals surface area contributed by atoms with E-state index >= 15 is 0 Å². The molecule has 2 N–H and O–H groups in total. The smallest absolute Gasteiger partial charge is 0.407 e. The van der Waals surface area contributed by atoms with Gasteiger partial charge in [-0.15, -0.1) is 0 Å². The number of piperazine rings is 1. The standard InChI is InChI=1S/C11H19N3O4/c1-8-6-12-9(7-14(8)11(16)17)10(15)13-2-4-18-5-3-13/h8-9,12H,2-7H2,1H3,(H,16,17)/t8-,9-/m1/s1. The van der Waals surface area contributed by atoms with E-state index in [0.717, 1.165) is 0 Å². The molecule has 0 aliphatic carbocycles. The van der Waals surface area contributed by atoms with Crippen LogP contribution in [0.25, 0.3) is 0 Å². The van der Waals surface area contributed by atoms with E-state index in [0.29, 0.717) is 32.8 Å². The summed E-state index contributed by atoms with van der Waals surface area (Å²) < 4.78 is 5.19. The third-order valence-corrected chi connectivity index (χ3v) is 3.44. The maximum absolute atomic E-state index is 12.2. The molecule has 0 saturated carbocycles. The maximum Gasteiger partial charge on any atom is 0.407 e. The van der Waals surface area contributed by atoms with Gasteiger partial charge in [-0.1, -0.05) is 0 Å². The number of nitrogens with one attached hydrogen (secondary N) is 1. The minimum atomic E-state index is -0.969. The third-order valence-electron chi connectivity index (χ3n) is 3.44. The summed E-state index contributed by atoms with van der Waals surface area (Å²) in [6.45, 7) is 4.82. The molecule has 0 unspecified atom stereocenters. The molecule has 0 aromatic rings. The molecule has 2 rings (SSSR count). The summed E-state index contributed by atoms with van der Waals surface area (Å²) >= 11 is 0. The van der Waals surface area contributed by atoms with Gasteiger partial charge in [0.2, 0.25) is 5.91 Å². The molecule has 7 nitrogen and oxygen atoms in total. The van der Waals surface area contributed by atoms with E-state index in [1.807, 2.05) is 6.92 Å². The van der Waals surface area contributed by atoms with Crippen molar-refractivity contribution in [3.8, 4) is 0 Å². The molecular weight excluding hydrogens is 238 g/mol. The van der Waals surface area contributed by atoms with Crippen LogP contribution in [0.15, 0.2) is 0 Å². The van der Waals surface area contributed by atoms with Crippen LogP contribution in [0, 0.1) is 0 Å². The van der Waals surface area contributed by atoms with E-state index < -0.39 is 12.1 Å². The van der Waals surface area contributed by atoms with Crippen LogP contribution in [0.3, 0.4) is 0 Å². The Bertz CT molecular complexity index is 330. The van der Waals surface area contributed by atoms with Crippen molar-refractivity contribution in [2.24, 2.45) is 0 Å². The Balaban J connectivity index is 1.96. The summed E-state index contributed by atoms with van der Waals surface area (Å²) in [4.78, 5) is 26.3. The normalized spacial score (nSPS) is 29.2. The fourth-order valence-electron chi connectivity index (χ4n) is 2.30. The Kier molecular flexibility index (Phi) is 4.03. The average molecular weight is 257 g/mol. The summed E-state index contributed by atoms with van der Waals surface area (Å²) in [6, 6.07) is -0.536. The number of carbonyl (C=O) groups excluding carboxylic acids is 1. The molecule has 0 spiro atoms. The van der Waals surface area contributed by atoms with E-state index in [-0.39, 0.29) is 18.5 Å². The molecule has 7 heteroatoms. The summed E-state index contributed by atoms with van der Waals surface area (Å²) in [5.41, 5.74) is 0. The van der Waals surface area contributed by atoms with Gasteiger partial charge in [0.1, 0.15) is 6.04 Å². The summed E-state index contributed by atoms with van der Waals surface area (Å²) in [5.74, 6) is -0.0311. The maximum atomic E-state index is 12.2. The van der Waals surface area contributed by atoms with Gasteiger partial charge in [0, 0.05) is 32.2 Å². The highest BCUT2D eigenvalue weighted by atomic mass is 16.5. The number of carbonyl (C=O) groups is 2. The Hall–Kier alpha value is -1.34. The molecule has 2 heterocycles. The fourth-order valence-corrected chi connectivity index (χ4v) is 2.30. The lowest BCUT2D eigenvalue weighted by molar-refractivity contribution is -0.138. The number of nitrogens with zero attached hydrogens (tertiary/aromatic N) is 2. The second-order valence-electron chi connectivity index (χ2n) is 4.68. The molecule has 2 aliphatic rings. The number of rotatable bonds is 1. The fraction of sp³-hybridized carbons (Fsp3) is 0.818. The summed E-state index contributed by atoms with van der Waals surface area (Å²) in [7, 11) is 0. The van der Waals surface area contributed by atoms with Crippen molar-refractivity contribution in [2.75, 3.05) is 39.4 Å². The van der Waals surface area contributed by atoms with E-state index in [2.05, 4.69) is 5.32 Å². The van der Waals surface area contributed by atoms with Crippen LogP contribution < -0.4 is 5.32 Å². The van der Waals surface area contributed by atoms with Crippen LogP contribution in [-0.2, 0) is 9.53 Å². The van der Waals surface area contributed by atoms with Crippen molar-refractivity contribution < 1.29 is 19.4 Å². The van der Waals surface area contributed by atoms with Gasteiger partial charge in [-0.2, -0.15) is 0 Å². The molecule has 102 valence electrons. The molecule has 0 aromatic heterocycles. The number of morpholine rings is 1. The van der Waals surface area contributed by atoms with E-state index in [4.69, 9.17) is 9.84 Å². The van der Waals surface area contributed by atoms with Gasteiger partial charge in [0.15, 0.2) is 0 Å². The first-order chi connectivity index (χ1) is 8.59. The number of hydrogen-bond acceptors (Lipinski definition) is 4. The number of ether oxygens (including phenoxy) is 1. The van der Waals surface area contributed by atoms with Gasteiger partial charge in [-0.3, -0.25) is 4.79 Å². The Morgan fingerprint density at radius 2 is 2.00 bits per heavy atom. The number of amides is 2. The van der Waals surface area contributed by atoms with Crippen LogP contribution in [0.4, 0.5) is 4.79 Å². The highest BCUT2D eigenvalue weighted by Gasteiger charge is 2.34. The molecule has 2 saturated heterocycles. The van der Waals surface area contributed by atoms with Gasteiger partial charge in [0.25, 0.3) is 0 Å². The van der Waals surface area contributed by atoms with Crippen molar-refractivity contribution in [3.05, 3.63) is 0 Å². The second kappa shape index (κ2) is 5.53. The zero-order chi connectivity index (χ0) is 13.1. The summed E-state index contributed by atoms with van der Waals surface area (Å²) in [6.07, 6.45) is -0.969. The molecule has 0 bridgehead atoms. The molecule has 18 heavy (non-hydrogen) atoms. The first-order valence-electron chi connectivity index (χ1n) is 6.19. The van der Waals surface area contributed by atoms with Crippen LogP contribution >= 0.6 is 0 Å². The van der Waals surface area contributed by atoms with Gasteiger partial charge < -0.3 is 25.0 Å². The predicted octanol–water partition coefficient (Wildman–Crippen LogP) is -0.814. The minimum absolute atomic E-state index is 0.0311. The van der Waals surface area contributed by atoms with E-state index in [1.54, 1.807) is 4.90 Å². The quantitative estimate of drug-likeness (QED) is 0.642. The minimum Gasteiger partial charge on any atom is -0.465 e. The van der Waals surface area contributed by atoms with Crippen LogP contribution in [0.1, 0.15) is 6.92 Å². The average Bonchev–Trinajstić information content (AvgIpc) is 2.39. The van der Waals surface area contributed by atoms with E-state index in [1.165, 1.54) is 4.90 Å². The molecule has 2 atom stereocenters. The van der Waals surface area contributed by atoms with Crippen molar-refractivity contribution in [2.45, 2.75) is 19.0 Å². The first kappa shape index (κ1) is 13.1.